The van der Waals surface area contributed by atoms with Crippen molar-refractivity contribution in [3.05, 3.63) is 17.2 Å². The molecule has 0 heterocycles. The Bertz CT molecular complexity index is 579. The maximum Gasteiger partial charge on any atom is 0.310 e. The second kappa shape index (κ2) is 9.80. The van der Waals surface area contributed by atoms with Gasteiger partial charge in [-0.1, -0.05) is 32.6 Å². The van der Waals surface area contributed by atoms with E-state index in [1.807, 2.05) is 0 Å². The van der Waals surface area contributed by atoms with E-state index in [1.54, 1.807) is 6.92 Å². The minimum Gasteiger partial charge on any atom is -0.504 e. The van der Waals surface area contributed by atoms with Gasteiger partial charge in [0.05, 0.1) is 18.6 Å². The molecule has 0 fully saturated rings. The van der Waals surface area contributed by atoms with Crippen molar-refractivity contribution < 1.29 is 29.6 Å². The topological polar surface area (TPSA) is 104 Å². The van der Waals surface area contributed by atoms with E-state index in [2.05, 4.69) is 6.92 Å². The van der Waals surface area contributed by atoms with Gasteiger partial charge in [-0.3, -0.25) is 9.59 Å². The van der Waals surface area contributed by atoms with E-state index in [0.29, 0.717) is 6.42 Å². The van der Waals surface area contributed by atoms with Crippen molar-refractivity contribution in [2.75, 3.05) is 6.61 Å². The van der Waals surface area contributed by atoms with E-state index in [0.717, 1.165) is 31.7 Å². The van der Waals surface area contributed by atoms with Crippen molar-refractivity contribution in [1.82, 2.24) is 0 Å². The number of aromatic hydroxyl groups is 3. The summed E-state index contributed by atoms with van der Waals surface area (Å²) in [6.45, 7) is 3.95. The van der Waals surface area contributed by atoms with Gasteiger partial charge >= 0.3 is 5.97 Å². The van der Waals surface area contributed by atoms with Crippen LogP contribution >= 0.6 is 0 Å². The average molecular weight is 338 g/mol. The first-order valence-electron chi connectivity index (χ1n) is 8.37. The number of Topliss-reactive ketones (excluding diaryl/α,β-unsaturated/α-hetero) is 1. The van der Waals surface area contributed by atoms with Gasteiger partial charge in [0.1, 0.15) is 0 Å². The van der Waals surface area contributed by atoms with Crippen LogP contribution in [0.3, 0.4) is 0 Å². The van der Waals surface area contributed by atoms with Crippen LogP contribution in [0.2, 0.25) is 0 Å². The Morgan fingerprint density at radius 2 is 1.67 bits per heavy atom. The first-order chi connectivity index (χ1) is 11.4. The van der Waals surface area contributed by atoms with E-state index in [-0.39, 0.29) is 36.4 Å². The van der Waals surface area contributed by atoms with Crippen LogP contribution in [0.4, 0.5) is 0 Å². The summed E-state index contributed by atoms with van der Waals surface area (Å²) in [6, 6.07) is 1.12. The Morgan fingerprint density at radius 3 is 2.29 bits per heavy atom. The molecule has 0 atom stereocenters. The molecule has 24 heavy (non-hydrogen) atoms. The summed E-state index contributed by atoms with van der Waals surface area (Å²) < 4.78 is 4.84. The maximum absolute atomic E-state index is 12.4. The van der Waals surface area contributed by atoms with Gasteiger partial charge in [0.15, 0.2) is 17.3 Å². The van der Waals surface area contributed by atoms with E-state index in [9.17, 15) is 24.9 Å². The molecule has 0 aliphatic heterocycles. The lowest BCUT2D eigenvalue weighted by Gasteiger charge is -2.13. The number of rotatable bonds is 10. The molecule has 0 saturated carbocycles. The summed E-state index contributed by atoms with van der Waals surface area (Å²) in [4.78, 5) is 24.1. The van der Waals surface area contributed by atoms with Crippen molar-refractivity contribution in [3.63, 3.8) is 0 Å². The summed E-state index contributed by atoms with van der Waals surface area (Å²) in [6.07, 6.45) is 4.75. The number of carbonyl (C=O) groups excluding carboxylic acids is 2. The zero-order valence-corrected chi connectivity index (χ0v) is 14.3. The SMILES string of the molecule is CCCCCCCC(=O)c1c(CC(=O)OCC)cc(O)c(O)c1O. The van der Waals surface area contributed by atoms with Gasteiger partial charge in [0, 0.05) is 6.42 Å². The number of carbonyl (C=O) groups is 2. The van der Waals surface area contributed by atoms with Crippen molar-refractivity contribution in [2.45, 2.75) is 58.8 Å². The average Bonchev–Trinajstić information content (AvgIpc) is 2.52. The van der Waals surface area contributed by atoms with Crippen LogP contribution in [-0.2, 0) is 16.0 Å². The molecule has 1 aromatic carbocycles. The van der Waals surface area contributed by atoms with Gasteiger partial charge in [-0.05, 0) is 25.0 Å². The van der Waals surface area contributed by atoms with Gasteiger partial charge < -0.3 is 20.1 Å². The number of ether oxygens (including phenoxy) is 1. The fraction of sp³-hybridized carbons (Fsp3) is 0.556. The molecule has 0 unspecified atom stereocenters. The zero-order valence-electron chi connectivity index (χ0n) is 14.3. The normalized spacial score (nSPS) is 10.6. The Morgan fingerprint density at radius 1 is 1.00 bits per heavy atom. The molecular formula is C18H26O6. The van der Waals surface area contributed by atoms with Crippen LogP contribution in [0.5, 0.6) is 17.2 Å². The standard InChI is InChI=1S/C18H26O6/c1-3-5-6-7-8-9-13(19)16-12(11-15(21)24-4-2)10-14(20)17(22)18(16)23/h10,20,22-23H,3-9,11H2,1-2H3. The summed E-state index contributed by atoms with van der Waals surface area (Å²) in [5.41, 5.74) is 0.0358. The molecule has 0 aromatic heterocycles. The van der Waals surface area contributed by atoms with Gasteiger partial charge in [-0.25, -0.2) is 0 Å². The van der Waals surface area contributed by atoms with Crippen molar-refractivity contribution in [3.8, 4) is 17.2 Å². The minimum atomic E-state index is -0.753. The molecule has 134 valence electrons. The quantitative estimate of drug-likeness (QED) is 0.261. The Hall–Kier alpha value is -2.24. The van der Waals surface area contributed by atoms with Crippen LogP contribution in [-0.4, -0.2) is 33.7 Å². The van der Waals surface area contributed by atoms with Gasteiger partial charge in [0.2, 0.25) is 5.75 Å². The van der Waals surface area contributed by atoms with Crippen LogP contribution in [0.1, 0.15) is 68.3 Å². The smallest absolute Gasteiger partial charge is 0.310 e. The lowest BCUT2D eigenvalue weighted by atomic mass is 9.95. The lowest BCUT2D eigenvalue weighted by Crippen LogP contribution is -2.12. The number of ketones is 1. The van der Waals surface area contributed by atoms with Gasteiger partial charge in [0.25, 0.3) is 0 Å². The van der Waals surface area contributed by atoms with Gasteiger partial charge in [-0.2, -0.15) is 0 Å². The zero-order chi connectivity index (χ0) is 18.1. The number of phenolic OH excluding ortho intramolecular Hbond substituents is 3. The predicted molar refractivity (Wildman–Crippen MR) is 89.5 cm³/mol. The monoisotopic (exact) mass is 338 g/mol. The Labute approximate surface area is 142 Å². The molecule has 0 spiro atoms. The second-order valence-electron chi connectivity index (χ2n) is 5.70. The summed E-state index contributed by atoms with van der Waals surface area (Å²) in [5, 5.41) is 29.3. The largest absolute Gasteiger partial charge is 0.504 e. The molecular weight excluding hydrogens is 312 g/mol. The van der Waals surface area contributed by atoms with Crippen molar-refractivity contribution >= 4 is 11.8 Å². The summed E-state index contributed by atoms with van der Waals surface area (Å²) in [5.74, 6) is -2.95. The first kappa shape index (κ1) is 19.8. The molecule has 0 aliphatic carbocycles. The number of hydrogen-bond acceptors (Lipinski definition) is 6. The lowest BCUT2D eigenvalue weighted by molar-refractivity contribution is -0.142. The van der Waals surface area contributed by atoms with Gasteiger partial charge in [-0.15, -0.1) is 0 Å². The third-order valence-corrected chi connectivity index (χ3v) is 3.76. The highest BCUT2D eigenvalue weighted by atomic mass is 16.5. The van der Waals surface area contributed by atoms with E-state index in [4.69, 9.17) is 4.74 Å². The van der Waals surface area contributed by atoms with E-state index >= 15 is 0 Å². The number of esters is 1. The van der Waals surface area contributed by atoms with E-state index in [1.165, 1.54) is 0 Å². The Balaban J connectivity index is 2.95. The molecule has 0 amide bonds. The highest BCUT2D eigenvalue weighted by Gasteiger charge is 2.23. The number of benzene rings is 1. The van der Waals surface area contributed by atoms with E-state index < -0.39 is 23.2 Å². The fourth-order valence-corrected chi connectivity index (χ4v) is 2.53. The molecule has 0 aliphatic rings. The van der Waals surface area contributed by atoms with Crippen molar-refractivity contribution in [1.29, 1.82) is 0 Å². The summed E-state index contributed by atoms with van der Waals surface area (Å²) in [7, 11) is 0. The predicted octanol–water partition coefficient (Wildman–Crippen LogP) is 3.45. The number of phenols is 3. The Kier molecular flexibility index (Phi) is 8.09. The third kappa shape index (κ3) is 5.44. The van der Waals surface area contributed by atoms with Crippen LogP contribution in [0, 0.1) is 0 Å². The maximum atomic E-state index is 12.4. The number of unbranched alkanes of at least 4 members (excludes halogenated alkanes) is 4. The molecule has 6 nitrogen and oxygen atoms in total. The minimum absolute atomic E-state index is 0.117. The molecule has 0 bridgehead atoms. The highest BCUT2D eigenvalue weighted by Crippen LogP contribution is 2.40. The first-order valence-corrected chi connectivity index (χ1v) is 8.37. The highest BCUT2D eigenvalue weighted by molar-refractivity contribution is 6.02. The number of hydrogen-bond donors (Lipinski definition) is 3. The molecule has 0 radical (unpaired) electrons. The molecule has 0 saturated heterocycles. The molecule has 6 heteroatoms. The third-order valence-electron chi connectivity index (χ3n) is 3.76. The molecule has 1 rings (SSSR count). The fourth-order valence-electron chi connectivity index (χ4n) is 2.53. The van der Waals surface area contributed by atoms with Crippen LogP contribution in [0.15, 0.2) is 6.07 Å². The summed E-state index contributed by atoms with van der Waals surface area (Å²) >= 11 is 0. The van der Waals surface area contributed by atoms with Crippen molar-refractivity contribution in [2.24, 2.45) is 0 Å². The van der Waals surface area contributed by atoms with Crippen LogP contribution in [0.25, 0.3) is 0 Å². The van der Waals surface area contributed by atoms with Crippen LogP contribution < -0.4 is 0 Å². The molecule has 1 aromatic rings. The second-order valence-corrected chi connectivity index (χ2v) is 5.70. The molecule has 3 N–H and O–H groups in total.